The van der Waals surface area contributed by atoms with Gasteiger partial charge in [0.25, 0.3) is 0 Å². The second kappa shape index (κ2) is 8.87. The molecule has 1 rings (SSSR count). The topological polar surface area (TPSA) is 51.0 Å². The van der Waals surface area contributed by atoms with Gasteiger partial charge < -0.3 is 4.74 Å². The van der Waals surface area contributed by atoms with Crippen molar-refractivity contribution in [3.8, 4) is 0 Å². The fraction of sp³-hybridized carbons (Fsp3) is 0.500. The standard InChI is InChI=1S/C18H26N2O2S/c1-6-14-22-16(21)12-13-18(5,20-19-17(2,3)4)23-15-10-8-7-9-11-15/h6-11H,1,12-14H2,2-5H3. The first-order valence-electron chi connectivity index (χ1n) is 7.69. The fourth-order valence-electron chi connectivity index (χ4n) is 1.68. The van der Waals surface area contributed by atoms with Gasteiger partial charge in [-0.05, 0) is 46.2 Å². The molecule has 0 heterocycles. The molecule has 0 aromatic heterocycles. The van der Waals surface area contributed by atoms with E-state index in [9.17, 15) is 4.79 Å². The van der Waals surface area contributed by atoms with Crippen LogP contribution < -0.4 is 0 Å². The van der Waals surface area contributed by atoms with Crippen LogP contribution in [0.25, 0.3) is 0 Å². The van der Waals surface area contributed by atoms with Crippen molar-refractivity contribution in [1.29, 1.82) is 0 Å². The Kier molecular flexibility index (Phi) is 7.49. The minimum Gasteiger partial charge on any atom is -0.461 e. The summed E-state index contributed by atoms with van der Waals surface area (Å²) in [6.07, 6.45) is 2.42. The van der Waals surface area contributed by atoms with Crippen LogP contribution in [0.5, 0.6) is 0 Å². The lowest BCUT2D eigenvalue weighted by Crippen LogP contribution is -2.21. The molecule has 0 aliphatic rings. The Morgan fingerprint density at radius 1 is 1.22 bits per heavy atom. The highest BCUT2D eigenvalue weighted by Crippen LogP contribution is 2.38. The highest BCUT2D eigenvalue weighted by molar-refractivity contribution is 8.00. The zero-order chi connectivity index (χ0) is 17.3. The number of ether oxygens (including phenoxy) is 1. The third-order valence-electron chi connectivity index (χ3n) is 2.80. The first-order valence-corrected chi connectivity index (χ1v) is 8.50. The van der Waals surface area contributed by atoms with E-state index in [-0.39, 0.29) is 18.1 Å². The Hall–Kier alpha value is -1.62. The van der Waals surface area contributed by atoms with Gasteiger partial charge in [0.05, 0.1) is 5.54 Å². The zero-order valence-corrected chi connectivity index (χ0v) is 15.2. The van der Waals surface area contributed by atoms with E-state index in [0.29, 0.717) is 12.8 Å². The van der Waals surface area contributed by atoms with Gasteiger partial charge in [-0.15, -0.1) is 0 Å². The Labute approximate surface area is 143 Å². The van der Waals surface area contributed by atoms with Crippen molar-refractivity contribution in [3.05, 3.63) is 43.0 Å². The minimum absolute atomic E-state index is 0.240. The van der Waals surface area contributed by atoms with Gasteiger partial charge in [-0.25, -0.2) is 0 Å². The lowest BCUT2D eigenvalue weighted by atomic mass is 10.1. The average molecular weight is 334 g/mol. The van der Waals surface area contributed by atoms with Gasteiger partial charge in [-0.1, -0.05) is 42.6 Å². The van der Waals surface area contributed by atoms with Crippen LogP contribution in [0.4, 0.5) is 0 Å². The van der Waals surface area contributed by atoms with Crippen LogP contribution in [0.2, 0.25) is 0 Å². The summed E-state index contributed by atoms with van der Waals surface area (Å²) in [4.78, 5) is 12.3. The van der Waals surface area contributed by atoms with Gasteiger partial charge in [0.2, 0.25) is 0 Å². The van der Waals surface area contributed by atoms with E-state index in [1.165, 1.54) is 0 Å². The predicted octanol–water partition coefficient (Wildman–Crippen LogP) is 5.26. The lowest BCUT2D eigenvalue weighted by Gasteiger charge is -2.24. The number of rotatable bonds is 8. The number of carbonyl (C=O) groups is 1. The molecule has 0 saturated carbocycles. The Bertz CT molecular complexity index is 538. The third-order valence-corrected chi connectivity index (χ3v) is 4.03. The molecule has 0 saturated heterocycles. The summed E-state index contributed by atoms with van der Waals surface area (Å²) in [6.45, 7) is 11.8. The van der Waals surface area contributed by atoms with Crippen LogP contribution in [0.3, 0.4) is 0 Å². The first-order chi connectivity index (χ1) is 10.7. The molecule has 0 fully saturated rings. The molecule has 0 N–H and O–H groups in total. The minimum atomic E-state index is -0.512. The quantitative estimate of drug-likeness (QED) is 0.282. The van der Waals surface area contributed by atoms with Gasteiger partial charge in [-0.2, -0.15) is 10.2 Å². The molecule has 5 heteroatoms. The summed E-state index contributed by atoms with van der Waals surface area (Å²) in [5.74, 6) is -0.240. The molecule has 0 bridgehead atoms. The smallest absolute Gasteiger partial charge is 0.306 e. The number of carbonyl (C=O) groups excluding carboxylic acids is 1. The molecular weight excluding hydrogens is 308 g/mol. The molecular formula is C18H26N2O2S. The fourth-order valence-corrected chi connectivity index (χ4v) is 2.76. The zero-order valence-electron chi connectivity index (χ0n) is 14.4. The average Bonchev–Trinajstić information content (AvgIpc) is 2.49. The van der Waals surface area contributed by atoms with E-state index in [0.717, 1.165) is 4.90 Å². The van der Waals surface area contributed by atoms with Crippen LogP contribution in [0.15, 0.2) is 58.1 Å². The number of esters is 1. The molecule has 1 unspecified atom stereocenters. The molecule has 0 radical (unpaired) electrons. The van der Waals surface area contributed by atoms with E-state index >= 15 is 0 Å². The third kappa shape index (κ3) is 8.55. The first kappa shape index (κ1) is 19.4. The molecule has 1 atom stereocenters. The number of hydrogen-bond acceptors (Lipinski definition) is 5. The molecule has 0 aliphatic carbocycles. The van der Waals surface area contributed by atoms with E-state index in [2.05, 4.69) is 16.8 Å². The highest BCUT2D eigenvalue weighted by Gasteiger charge is 2.27. The van der Waals surface area contributed by atoms with Gasteiger partial charge in [0.15, 0.2) is 0 Å². The lowest BCUT2D eigenvalue weighted by molar-refractivity contribution is -0.142. The van der Waals surface area contributed by atoms with E-state index in [1.807, 2.05) is 58.0 Å². The van der Waals surface area contributed by atoms with Crippen LogP contribution in [0.1, 0.15) is 40.5 Å². The molecule has 126 valence electrons. The second-order valence-corrected chi connectivity index (χ2v) is 7.99. The van der Waals surface area contributed by atoms with Crippen molar-refractivity contribution >= 4 is 17.7 Å². The van der Waals surface area contributed by atoms with Crippen molar-refractivity contribution in [2.75, 3.05) is 6.61 Å². The van der Waals surface area contributed by atoms with Crippen LogP contribution in [0, 0.1) is 0 Å². The summed E-state index contributed by atoms with van der Waals surface area (Å²) < 4.78 is 5.04. The molecule has 0 aliphatic heterocycles. The Morgan fingerprint density at radius 2 is 1.87 bits per heavy atom. The van der Waals surface area contributed by atoms with Crippen LogP contribution in [-0.4, -0.2) is 23.0 Å². The normalized spacial score (nSPS) is 14.4. The van der Waals surface area contributed by atoms with Crippen molar-refractivity contribution in [2.24, 2.45) is 10.2 Å². The van der Waals surface area contributed by atoms with E-state index in [4.69, 9.17) is 4.74 Å². The number of benzene rings is 1. The van der Waals surface area contributed by atoms with E-state index < -0.39 is 4.87 Å². The summed E-state index contributed by atoms with van der Waals surface area (Å²) in [6, 6.07) is 10.0. The molecule has 23 heavy (non-hydrogen) atoms. The van der Waals surface area contributed by atoms with Crippen LogP contribution >= 0.6 is 11.8 Å². The maximum absolute atomic E-state index is 11.8. The second-order valence-electron chi connectivity index (χ2n) is 6.43. The number of hydrogen-bond donors (Lipinski definition) is 0. The maximum atomic E-state index is 11.8. The number of azo groups is 1. The number of thioether (sulfide) groups is 1. The highest BCUT2D eigenvalue weighted by atomic mass is 32.2. The molecule has 0 amide bonds. The SMILES string of the molecule is C=CCOC(=O)CCC(C)(N=NC(C)(C)C)Sc1ccccc1. The maximum Gasteiger partial charge on any atom is 0.306 e. The van der Waals surface area contributed by atoms with Crippen molar-refractivity contribution in [3.63, 3.8) is 0 Å². The summed E-state index contributed by atoms with van der Waals surface area (Å²) in [5, 5.41) is 8.94. The van der Waals surface area contributed by atoms with Crippen molar-refractivity contribution < 1.29 is 9.53 Å². The monoisotopic (exact) mass is 334 g/mol. The molecule has 0 spiro atoms. The summed E-state index contributed by atoms with van der Waals surface area (Å²) in [7, 11) is 0. The van der Waals surface area contributed by atoms with Gasteiger partial charge in [0.1, 0.15) is 11.5 Å². The van der Waals surface area contributed by atoms with Gasteiger partial charge in [-0.3, -0.25) is 4.79 Å². The molecule has 1 aromatic carbocycles. The van der Waals surface area contributed by atoms with E-state index in [1.54, 1.807) is 17.8 Å². The largest absolute Gasteiger partial charge is 0.461 e. The number of nitrogens with zero attached hydrogens (tertiary/aromatic N) is 2. The Morgan fingerprint density at radius 3 is 2.43 bits per heavy atom. The van der Waals surface area contributed by atoms with Gasteiger partial charge >= 0.3 is 5.97 Å². The Balaban J connectivity index is 2.81. The molecule has 1 aromatic rings. The molecule has 4 nitrogen and oxygen atoms in total. The summed E-state index contributed by atoms with van der Waals surface area (Å²) in [5.41, 5.74) is -0.248. The van der Waals surface area contributed by atoms with Crippen molar-refractivity contribution in [1.82, 2.24) is 0 Å². The van der Waals surface area contributed by atoms with Gasteiger partial charge in [0, 0.05) is 11.3 Å². The van der Waals surface area contributed by atoms with Crippen LogP contribution in [-0.2, 0) is 9.53 Å². The van der Waals surface area contributed by atoms with Crippen molar-refractivity contribution in [2.45, 2.75) is 55.8 Å². The summed E-state index contributed by atoms with van der Waals surface area (Å²) >= 11 is 1.61. The predicted molar refractivity (Wildman–Crippen MR) is 95.7 cm³/mol.